The predicted octanol–water partition coefficient (Wildman–Crippen LogP) is 3.20. The van der Waals surface area contributed by atoms with Crippen LogP contribution in [0.3, 0.4) is 0 Å². The Morgan fingerprint density at radius 1 is 1.44 bits per heavy atom. The van der Waals surface area contributed by atoms with E-state index < -0.39 is 0 Å². The van der Waals surface area contributed by atoms with Gasteiger partial charge in [-0.2, -0.15) is 0 Å². The maximum Gasteiger partial charge on any atom is 0.189 e. The van der Waals surface area contributed by atoms with Crippen molar-refractivity contribution in [3.8, 4) is 0 Å². The minimum absolute atomic E-state index is 0.0304. The van der Waals surface area contributed by atoms with Gasteiger partial charge in [-0.25, -0.2) is 9.37 Å². The maximum absolute atomic E-state index is 12.7. The van der Waals surface area contributed by atoms with Gasteiger partial charge in [-0.1, -0.05) is 18.3 Å². The molecule has 0 spiro atoms. The van der Waals surface area contributed by atoms with Crippen molar-refractivity contribution in [3.63, 3.8) is 0 Å². The fourth-order valence-corrected chi connectivity index (χ4v) is 2.32. The average Bonchev–Trinajstić information content (AvgIpc) is 2.72. The standard InChI is InChI=1S/C12H12FN3OS/c1-2-9(17)10-11(14)16-12(18-10)15-8-5-3-7(13)4-6-8/h3-6H,2,14H2,1H3,(H,15,16). The second-order valence-electron chi connectivity index (χ2n) is 3.64. The van der Waals surface area contributed by atoms with Crippen LogP contribution in [0.15, 0.2) is 24.3 Å². The third kappa shape index (κ3) is 2.65. The number of nitrogens with one attached hydrogen (secondary N) is 1. The van der Waals surface area contributed by atoms with Crippen LogP contribution < -0.4 is 11.1 Å². The molecule has 1 aromatic heterocycles. The van der Waals surface area contributed by atoms with E-state index in [4.69, 9.17) is 5.73 Å². The summed E-state index contributed by atoms with van der Waals surface area (Å²) in [6.45, 7) is 1.77. The summed E-state index contributed by atoms with van der Waals surface area (Å²) in [5, 5.41) is 3.50. The summed E-state index contributed by atoms with van der Waals surface area (Å²) in [7, 11) is 0. The molecule has 0 aliphatic carbocycles. The lowest BCUT2D eigenvalue weighted by atomic mass is 10.3. The summed E-state index contributed by atoms with van der Waals surface area (Å²) in [5.74, 6) is -0.102. The molecular formula is C12H12FN3OS. The summed E-state index contributed by atoms with van der Waals surface area (Å²) < 4.78 is 12.7. The van der Waals surface area contributed by atoms with Crippen molar-refractivity contribution >= 4 is 33.8 Å². The van der Waals surface area contributed by atoms with E-state index in [1.165, 1.54) is 23.5 Å². The highest BCUT2D eigenvalue weighted by Crippen LogP contribution is 2.28. The Hall–Kier alpha value is -1.95. The van der Waals surface area contributed by atoms with E-state index in [0.29, 0.717) is 22.1 Å². The molecule has 2 rings (SSSR count). The molecule has 0 saturated carbocycles. The van der Waals surface area contributed by atoms with Gasteiger partial charge >= 0.3 is 0 Å². The molecule has 2 aromatic rings. The molecule has 0 amide bonds. The number of thiazole rings is 1. The number of carbonyl (C=O) groups is 1. The molecule has 1 heterocycles. The van der Waals surface area contributed by atoms with Gasteiger partial charge < -0.3 is 11.1 Å². The molecule has 0 unspecified atom stereocenters. The minimum atomic E-state index is -0.305. The van der Waals surface area contributed by atoms with E-state index in [0.717, 1.165) is 0 Å². The van der Waals surface area contributed by atoms with Gasteiger partial charge in [-0.05, 0) is 24.3 Å². The van der Waals surface area contributed by atoms with Crippen molar-refractivity contribution in [2.24, 2.45) is 0 Å². The first kappa shape index (κ1) is 12.5. The van der Waals surface area contributed by atoms with E-state index in [-0.39, 0.29) is 17.4 Å². The third-order valence-corrected chi connectivity index (χ3v) is 3.35. The zero-order valence-electron chi connectivity index (χ0n) is 9.74. The number of ketones is 1. The summed E-state index contributed by atoms with van der Waals surface area (Å²) in [6, 6.07) is 5.87. The van der Waals surface area contributed by atoms with Crippen LogP contribution in [0.4, 0.5) is 21.0 Å². The van der Waals surface area contributed by atoms with Crippen molar-refractivity contribution in [1.29, 1.82) is 0 Å². The molecule has 94 valence electrons. The number of nitrogens with two attached hydrogens (primary N) is 1. The minimum Gasteiger partial charge on any atom is -0.382 e. The maximum atomic E-state index is 12.7. The lowest BCUT2D eigenvalue weighted by Gasteiger charge is -2.00. The number of anilines is 3. The number of aromatic nitrogens is 1. The van der Waals surface area contributed by atoms with Crippen molar-refractivity contribution < 1.29 is 9.18 Å². The van der Waals surface area contributed by atoms with Crippen LogP contribution in [0.1, 0.15) is 23.0 Å². The summed E-state index contributed by atoms with van der Waals surface area (Å²) in [6.07, 6.45) is 0.391. The molecule has 0 fully saturated rings. The number of benzene rings is 1. The molecule has 6 heteroatoms. The molecule has 0 aliphatic rings. The van der Waals surface area contributed by atoms with E-state index in [9.17, 15) is 9.18 Å². The van der Waals surface area contributed by atoms with Gasteiger partial charge in [0.2, 0.25) is 0 Å². The van der Waals surface area contributed by atoms with Crippen molar-refractivity contribution in [2.45, 2.75) is 13.3 Å². The zero-order valence-corrected chi connectivity index (χ0v) is 10.6. The highest BCUT2D eigenvalue weighted by atomic mass is 32.1. The summed E-state index contributed by atoms with van der Waals surface area (Å²) in [5.41, 5.74) is 6.37. The monoisotopic (exact) mass is 265 g/mol. The first-order chi connectivity index (χ1) is 8.60. The van der Waals surface area contributed by atoms with Crippen LogP contribution in [0.2, 0.25) is 0 Å². The summed E-state index contributed by atoms with van der Waals surface area (Å²) in [4.78, 5) is 16.1. The van der Waals surface area contributed by atoms with Crippen molar-refractivity contribution in [3.05, 3.63) is 35.0 Å². The van der Waals surface area contributed by atoms with Crippen molar-refractivity contribution in [1.82, 2.24) is 4.98 Å². The van der Waals surface area contributed by atoms with Gasteiger partial charge in [0, 0.05) is 12.1 Å². The number of nitrogen functional groups attached to an aromatic ring is 1. The molecule has 0 radical (unpaired) electrons. The van der Waals surface area contributed by atoms with Gasteiger partial charge in [0.15, 0.2) is 10.9 Å². The van der Waals surface area contributed by atoms with Crippen molar-refractivity contribution in [2.75, 3.05) is 11.1 Å². The van der Waals surface area contributed by atoms with Crippen LogP contribution in [0, 0.1) is 5.82 Å². The Labute approximate surface area is 108 Å². The molecule has 3 N–H and O–H groups in total. The normalized spacial score (nSPS) is 10.3. The molecular weight excluding hydrogens is 253 g/mol. The number of nitrogens with zero attached hydrogens (tertiary/aromatic N) is 1. The van der Waals surface area contributed by atoms with Crippen LogP contribution >= 0.6 is 11.3 Å². The Morgan fingerprint density at radius 2 is 2.11 bits per heavy atom. The molecule has 0 saturated heterocycles. The quantitative estimate of drug-likeness (QED) is 0.833. The third-order valence-electron chi connectivity index (χ3n) is 2.32. The predicted molar refractivity (Wildman–Crippen MR) is 70.8 cm³/mol. The smallest absolute Gasteiger partial charge is 0.189 e. The number of halogens is 1. The highest BCUT2D eigenvalue weighted by molar-refractivity contribution is 7.18. The molecule has 0 aliphatic heterocycles. The number of Topliss-reactive ketones (excluding diaryl/α,β-unsaturated/α-hetero) is 1. The second kappa shape index (κ2) is 5.14. The largest absolute Gasteiger partial charge is 0.382 e. The Bertz CT molecular complexity index is 565. The lowest BCUT2D eigenvalue weighted by Crippen LogP contribution is -1.98. The van der Waals surface area contributed by atoms with Gasteiger partial charge in [0.1, 0.15) is 16.5 Å². The van der Waals surface area contributed by atoms with Gasteiger partial charge in [-0.15, -0.1) is 0 Å². The Kier molecular flexibility index (Phi) is 3.57. The first-order valence-electron chi connectivity index (χ1n) is 5.42. The van der Waals surface area contributed by atoms with Crippen LogP contribution in [0.25, 0.3) is 0 Å². The molecule has 0 bridgehead atoms. The summed E-state index contributed by atoms with van der Waals surface area (Å²) >= 11 is 1.20. The fourth-order valence-electron chi connectivity index (χ4n) is 1.40. The number of hydrogen-bond donors (Lipinski definition) is 2. The van der Waals surface area contributed by atoms with Gasteiger partial charge in [-0.3, -0.25) is 4.79 Å². The fraction of sp³-hybridized carbons (Fsp3) is 0.167. The zero-order chi connectivity index (χ0) is 13.1. The first-order valence-corrected chi connectivity index (χ1v) is 6.24. The van der Waals surface area contributed by atoms with Crippen LogP contribution in [0.5, 0.6) is 0 Å². The molecule has 18 heavy (non-hydrogen) atoms. The van der Waals surface area contributed by atoms with E-state index >= 15 is 0 Å². The number of carbonyl (C=O) groups excluding carboxylic acids is 1. The molecule has 1 aromatic carbocycles. The lowest BCUT2D eigenvalue weighted by molar-refractivity contribution is 0.0992. The molecule has 4 nitrogen and oxygen atoms in total. The van der Waals surface area contributed by atoms with Crippen LogP contribution in [-0.4, -0.2) is 10.8 Å². The van der Waals surface area contributed by atoms with E-state index in [1.807, 2.05) is 0 Å². The van der Waals surface area contributed by atoms with Gasteiger partial charge in [0.05, 0.1) is 0 Å². The number of hydrogen-bond acceptors (Lipinski definition) is 5. The second-order valence-corrected chi connectivity index (χ2v) is 4.64. The average molecular weight is 265 g/mol. The van der Waals surface area contributed by atoms with Crippen LogP contribution in [-0.2, 0) is 0 Å². The molecule has 0 atom stereocenters. The number of rotatable bonds is 4. The van der Waals surface area contributed by atoms with Gasteiger partial charge in [0.25, 0.3) is 0 Å². The van der Waals surface area contributed by atoms with E-state index in [1.54, 1.807) is 19.1 Å². The Balaban J connectivity index is 2.20. The van der Waals surface area contributed by atoms with E-state index in [2.05, 4.69) is 10.3 Å². The SMILES string of the molecule is CCC(=O)c1sc(Nc2ccc(F)cc2)nc1N. The highest BCUT2D eigenvalue weighted by Gasteiger charge is 2.14. The Morgan fingerprint density at radius 3 is 2.72 bits per heavy atom. The topological polar surface area (TPSA) is 68.0 Å².